The van der Waals surface area contributed by atoms with Gasteiger partial charge in [0.05, 0.1) is 10.7 Å². The van der Waals surface area contributed by atoms with E-state index in [1.165, 1.54) is 0 Å². The van der Waals surface area contributed by atoms with Gasteiger partial charge in [-0.05, 0) is 48.0 Å². The number of amides is 1. The van der Waals surface area contributed by atoms with Crippen molar-refractivity contribution in [3.8, 4) is 0 Å². The number of carbonyl (C=O) groups is 1. The van der Waals surface area contributed by atoms with E-state index in [2.05, 4.69) is 20.9 Å². The number of rotatable bonds is 3. The minimum atomic E-state index is -0.184. The van der Waals surface area contributed by atoms with Crippen LogP contribution < -0.4 is 4.90 Å². The molecule has 1 heterocycles. The van der Waals surface area contributed by atoms with Crippen molar-refractivity contribution in [3.63, 3.8) is 0 Å². The summed E-state index contributed by atoms with van der Waals surface area (Å²) >= 11 is 9.82. The maximum atomic E-state index is 13.2. The van der Waals surface area contributed by atoms with E-state index in [9.17, 15) is 4.79 Å². The lowest BCUT2D eigenvalue weighted by molar-refractivity contribution is -0.113. The molecule has 1 amide bonds. The van der Waals surface area contributed by atoms with Crippen molar-refractivity contribution >= 4 is 51.0 Å². The number of aliphatic imine (C=N–C) groups is 1. The standard InChI is InChI=1S/C22H14BrClN2O/c23-16-10-12-17(13-11-16)26-21(18-8-4-5-9-19(18)24)25-20(22(26)27)14-15-6-2-1-3-7-15/h1-14H/b20-14+. The number of nitrogens with zero attached hydrogens (tertiary/aromatic N) is 2. The molecule has 0 radical (unpaired) electrons. The van der Waals surface area contributed by atoms with Gasteiger partial charge in [-0.15, -0.1) is 0 Å². The van der Waals surface area contributed by atoms with Crippen LogP contribution in [0.3, 0.4) is 0 Å². The second kappa shape index (κ2) is 7.51. The summed E-state index contributed by atoms with van der Waals surface area (Å²) in [4.78, 5) is 19.4. The molecule has 27 heavy (non-hydrogen) atoms. The first-order valence-electron chi connectivity index (χ1n) is 8.34. The Morgan fingerprint density at radius 3 is 2.26 bits per heavy atom. The zero-order valence-corrected chi connectivity index (χ0v) is 16.5. The predicted octanol–water partition coefficient (Wildman–Crippen LogP) is 5.94. The number of benzene rings is 3. The molecule has 0 bridgehead atoms. The molecule has 132 valence electrons. The molecule has 3 aromatic rings. The predicted molar refractivity (Wildman–Crippen MR) is 114 cm³/mol. The van der Waals surface area contributed by atoms with Gasteiger partial charge in [0.15, 0.2) is 0 Å². The fourth-order valence-corrected chi connectivity index (χ4v) is 3.36. The number of carbonyl (C=O) groups excluding carboxylic acids is 1. The van der Waals surface area contributed by atoms with Gasteiger partial charge in [0.1, 0.15) is 11.5 Å². The van der Waals surface area contributed by atoms with Crippen molar-refractivity contribution < 1.29 is 4.79 Å². The molecule has 4 rings (SSSR count). The highest BCUT2D eigenvalue weighted by molar-refractivity contribution is 9.10. The van der Waals surface area contributed by atoms with Gasteiger partial charge in [-0.25, -0.2) is 4.99 Å². The smallest absolute Gasteiger partial charge is 0.266 e. The minimum Gasteiger partial charge on any atom is -0.266 e. The molecule has 0 N–H and O–H groups in total. The van der Waals surface area contributed by atoms with Crippen LogP contribution in [0.4, 0.5) is 5.69 Å². The van der Waals surface area contributed by atoms with E-state index in [4.69, 9.17) is 11.6 Å². The Hall–Kier alpha value is -2.69. The van der Waals surface area contributed by atoms with Gasteiger partial charge in [-0.3, -0.25) is 9.69 Å². The number of anilines is 1. The van der Waals surface area contributed by atoms with Crippen molar-refractivity contribution in [2.24, 2.45) is 4.99 Å². The van der Waals surface area contributed by atoms with Crippen molar-refractivity contribution in [2.45, 2.75) is 0 Å². The van der Waals surface area contributed by atoms with Gasteiger partial charge in [-0.1, -0.05) is 70.0 Å². The van der Waals surface area contributed by atoms with Gasteiger partial charge in [0.2, 0.25) is 0 Å². The zero-order chi connectivity index (χ0) is 18.8. The Morgan fingerprint density at radius 1 is 0.889 bits per heavy atom. The minimum absolute atomic E-state index is 0.184. The number of hydrogen-bond donors (Lipinski definition) is 0. The van der Waals surface area contributed by atoms with Gasteiger partial charge in [0.25, 0.3) is 5.91 Å². The maximum Gasteiger partial charge on any atom is 0.282 e. The van der Waals surface area contributed by atoms with Crippen molar-refractivity contribution in [2.75, 3.05) is 4.90 Å². The monoisotopic (exact) mass is 436 g/mol. The summed E-state index contributed by atoms with van der Waals surface area (Å²) < 4.78 is 0.939. The number of halogens is 2. The highest BCUT2D eigenvalue weighted by atomic mass is 79.9. The molecule has 1 aliphatic rings. The lowest BCUT2D eigenvalue weighted by Gasteiger charge is -2.19. The summed E-state index contributed by atoms with van der Waals surface area (Å²) in [6, 6.07) is 24.6. The van der Waals surface area contributed by atoms with E-state index in [1.54, 1.807) is 17.0 Å². The van der Waals surface area contributed by atoms with E-state index in [-0.39, 0.29) is 5.91 Å². The first-order valence-corrected chi connectivity index (χ1v) is 9.51. The lowest BCUT2D eigenvalue weighted by atomic mass is 10.1. The lowest BCUT2D eigenvalue weighted by Crippen LogP contribution is -2.32. The number of hydrogen-bond acceptors (Lipinski definition) is 2. The molecule has 0 atom stereocenters. The highest BCUT2D eigenvalue weighted by Gasteiger charge is 2.33. The summed E-state index contributed by atoms with van der Waals surface area (Å²) in [5.41, 5.74) is 2.74. The summed E-state index contributed by atoms with van der Waals surface area (Å²) in [6.07, 6.45) is 1.79. The third kappa shape index (κ3) is 3.59. The normalized spacial score (nSPS) is 15.3. The maximum absolute atomic E-state index is 13.2. The molecule has 0 unspecified atom stereocenters. The molecule has 5 heteroatoms. The molecule has 3 nitrogen and oxygen atoms in total. The van der Waals surface area contributed by atoms with Crippen LogP contribution in [0, 0.1) is 0 Å². The Kier molecular flexibility index (Phi) is 4.92. The molecule has 0 saturated heterocycles. The highest BCUT2D eigenvalue weighted by Crippen LogP contribution is 2.31. The van der Waals surface area contributed by atoms with E-state index < -0.39 is 0 Å². The second-order valence-electron chi connectivity index (χ2n) is 5.97. The van der Waals surface area contributed by atoms with Crippen LogP contribution in [-0.2, 0) is 4.79 Å². The fourth-order valence-electron chi connectivity index (χ4n) is 2.88. The van der Waals surface area contributed by atoms with Gasteiger partial charge in [-0.2, -0.15) is 0 Å². The summed E-state index contributed by atoms with van der Waals surface area (Å²) in [6.45, 7) is 0. The first kappa shape index (κ1) is 17.7. The topological polar surface area (TPSA) is 32.7 Å². The zero-order valence-electron chi connectivity index (χ0n) is 14.1. The fraction of sp³-hybridized carbons (Fsp3) is 0. The Bertz CT molecular complexity index is 1060. The Labute approximate surface area is 170 Å². The van der Waals surface area contributed by atoms with Gasteiger partial charge < -0.3 is 0 Å². The van der Waals surface area contributed by atoms with Crippen LogP contribution >= 0.6 is 27.5 Å². The van der Waals surface area contributed by atoms with Crippen molar-refractivity contribution in [1.29, 1.82) is 0 Å². The summed E-state index contributed by atoms with van der Waals surface area (Å²) in [5.74, 6) is 0.339. The summed E-state index contributed by atoms with van der Waals surface area (Å²) in [7, 11) is 0. The van der Waals surface area contributed by atoms with Crippen LogP contribution in [0.1, 0.15) is 11.1 Å². The molecule has 1 aliphatic heterocycles. The van der Waals surface area contributed by atoms with Crippen molar-refractivity contribution in [1.82, 2.24) is 0 Å². The molecule has 0 fully saturated rings. The molecule has 3 aromatic carbocycles. The Balaban J connectivity index is 1.85. The van der Waals surface area contributed by atoms with E-state index in [1.807, 2.05) is 72.8 Å². The average Bonchev–Trinajstić information content (AvgIpc) is 3.00. The van der Waals surface area contributed by atoms with Crippen LogP contribution in [0.15, 0.2) is 94.0 Å². The molecular weight excluding hydrogens is 424 g/mol. The van der Waals surface area contributed by atoms with E-state index >= 15 is 0 Å². The van der Waals surface area contributed by atoms with Crippen molar-refractivity contribution in [3.05, 3.63) is 105 Å². The molecular formula is C22H14BrClN2O. The third-order valence-corrected chi connectivity index (χ3v) is 5.02. The number of amidine groups is 1. The van der Waals surface area contributed by atoms with Gasteiger partial charge >= 0.3 is 0 Å². The van der Waals surface area contributed by atoms with Crippen LogP contribution in [0.5, 0.6) is 0 Å². The molecule has 0 aliphatic carbocycles. The summed E-state index contributed by atoms with van der Waals surface area (Å²) in [5, 5.41) is 0.548. The van der Waals surface area contributed by atoms with E-state index in [0.717, 1.165) is 15.7 Å². The van der Waals surface area contributed by atoms with Crippen LogP contribution in [-0.4, -0.2) is 11.7 Å². The Morgan fingerprint density at radius 2 is 1.56 bits per heavy atom. The largest absolute Gasteiger partial charge is 0.282 e. The van der Waals surface area contributed by atoms with Crippen LogP contribution in [0.25, 0.3) is 6.08 Å². The average molecular weight is 438 g/mol. The van der Waals surface area contributed by atoms with E-state index in [0.29, 0.717) is 22.1 Å². The molecule has 0 spiro atoms. The SMILES string of the molecule is O=C1/C(=C\c2ccccc2)N=C(c2ccccc2Cl)N1c1ccc(Br)cc1. The second-order valence-corrected chi connectivity index (χ2v) is 7.30. The molecule has 0 aromatic heterocycles. The van der Waals surface area contributed by atoms with Gasteiger partial charge in [0, 0.05) is 10.0 Å². The third-order valence-electron chi connectivity index (χ3n) is 4.16. The molecule has 0 saturated carbocycles. The van der Waals surface area contributed by atoms with Crippen LogP contribution in [0.2, 0.25) is 5.02 Å². The first-order chi connectivity index (χ1) is 13.1. The quantitative estimate of drug-likeness (QED) is 0.467.